The molecular weight excluding hydrogens is 284 g/mol. The van der Waals surface area contributed by atoms with Gasteiger partial charge in [-0.2, -0.15) is 4.98 Å². The zero-order valence-corrected chi connectivity index (χ0v) is 10.8. The summed E-state index contributed by atoms with van der Waals surface area (Å²) in [6.07, 6.45) is 0. The smallest absolute Gasteiger partial charge is 0.291 e. The lowest BCUT2D eigenvalue weighted by Crippen LogP contribution is -2.26. The summed E-state index contributed by atoms with van der Waals surface area (Å²) in [4.78, 5) is 20.9. The number of hydrogen-bond donors (Lipinski definition) is 1. The van der Waals surface area contributed by atoms with Crippen LogP contribution in [0.25, 0.3) is 0 Å². The topological polar surface area (TPSA) is 58.6 Å². The lowest BCUT2D eigenvalue weighted by Gasteiger charge is -2.15. The number of halogens is 4. The summed E-state index contributed by atoms with van der Waals surface area (Å²) in [5.74, 6) is 0.00506. The maximum Gasteiger partial charge on any atom is 0.348 e. The van der Waals surface area contributed by atoms with Crippen LogP contribution in [0.4, 0.5) is 0 Å². The minimum atomic E-state index is -1.37. The Morgan fingerprint density at radius 2 is 1.60 bits per heavy atom. The number of hydrogen-bond acceptors (Lipinski definition) is 3. The second kappa shape index (κ2) is 4.09. The molecule has 0 atom stereocenters. The van der Waals surface area contributed by atoms with Gasteiger partial charge < -0.3 is 0 Å². The van der Waals surface area contributed by atoms with Crippen LogP contribution in [0.15, 0.2) is 4.79 Å². The molecule has 0 aromatic carbocycles. The zero-order valence-electron chi connectivity index (χ0n) is 7.81. The maximum absolute atomic E-state index is 11.2. The van der Waals surface area contributed by atoms with Gasteiger partial charge in [-0.1, -0.05) is 46.4 Å². The molecule has 15 heavy (non-hydrogen) atoms. The van der Waals surface area contributed by atoms with Crippen molar-refractivity contribution < 1.29 is 0 Å². The predicted molar refractivity (Wildman–Crippen MR) is 60.8 cm³/mol. The molecule has 84 valence electrons. The lowest BCUT2D eigenvalue weighted by atomic mass is 10.4. The van der Waals surface area contributed by atoms with Gasteiger partial charge >= 0.3 is 5.69 Å². The highest BCUT2D eigenvalue weighted by molar-refractivity contribution is 6.48. The number of aromatic amines is 1. The van der Waals surface area contributed by atoms with Crippen molar-refractivity contribution >= 4 is 46.4 Å². The van der Waals surface area contributed by atoms with Crippen molar-refractivity contribution in [1.82, 2.24) is 15.0 Å². The Balaban J connectivity index is 3.36. The first-order valence-corrected chi connectivity index (χ1v) is 5.37. The Kier molecular flexibility index (Phi) is 3.55. The van der Waals surface area contributed by atoms with E-state index in [1.54, 1.807) is 0 Å². The van der Waals surface area contributed by atoms with Crippen LogP contribution in [0, 0.1) is 0 Å². The van der Waals surface area contributed by atoms with Gasteiger partial charge in [0.1, 0.15) is 5.82 Å². The van der Waals surface area contributed by atoms with Gasteiger partial charge in [-0.15, -0.1) is 0 Å². The molecule has 0 aliphatic carbocycles. The van der Waals surface area contributed by atoms with Crippen molar-refractivity contribution in [3.05, 3.63) is 22.1 Å². The summed E-state index contributed by atoms with van der Waals surface area (Å²) in [7, 11) is 0. The summed E-state index contributed by atoms with van der Waals surface area (Å²) in [6.45, 7) is 2.90. The zero-order chi connectivity index (χ0) is 11.9. The molecule has 0 aliphatic heterocycles. The number of nitrogens with zero attached hydrogens (tertiary/aromatic N) is 2. The molecule has 0 fully saturated rings. The maximum atomic E-state index is 11.2. The van der Waals surface area contributed by atoms with E-state index in [4.69, 9.17) is 46.4 Å². The molecule has 0 aliphatic rings. The van der Waals surface area contributed by atoms with Gasteiger partial charge in [-0.3, -0.25) is 4.98 Å². The molecule has 0 saturated heterocycles. The van der Waals surface area contributed by atoms with E-state index in [9.17, 15) is 4.79 Å². The van der Waals surface area contributed by atoms with E-state index in [1.165, 1.54) is 13.8 Å². The standard InChI is InChI=1S/C7H7Cl4N3O/c1-6(8,9)3-12-4(7(2,10)11)14-5(15)13-3/h1-2H3,(H,12,13,14,15). The van der Waals surface area contributed by atoms with Crippen molar-refractivity contribution in [2.45, 2.75) is 22.5 Å². The van der Waals surface area contributed by atoms with Crippen molar-refractivity contribution in [1.29, 1.82) is 0 Å². The molecule has 1 rings (SSSR count). The van der Waals surface area contributed by atoms with E-state index in [0.29, 0.717) is 0 Å². The van der Waals surface area contributed by atoms with Gasteiger partial charge in [-0.05, 0) is 13.8 Å². The molecule has 1 N–H and O–H groups in total. The third-order valence-corrected chi connectivity index (χ3v) is 2.16. The van der Waals surface area contributed by atoms with Gasteiger partial charge in [0.2, 0.25) is 0 Å². The highest BCUT2D eigenvalue weighted by atomic mass is 35.5. The van der Waals surface area contributed by atoms with E-state index in [-0.39, 0.29) is 11.6 Å². The van der Waals surface area contributed by atoms with E-state index in [2.05, 4.69) is 15.0 Å². The minimum absolute atomic E-state index is 0.0443. The fraction of sp³-hybridized carbons (Fsp3) is 0.571. The molecule has 0 bridgehead atoms. The molecule has 1 aromatic heterocycles. The van der Waals surface area contributed by atoms with E-state index in [1.807, 2.05) is 0 Å². The Bertz CT molecular complexity index is 382. The molecule has 4 nitrogen and oxygen atoms in total. The third-order valence-electron chi connectivity index (χ3n) is 1.46. The summed E-state index contributed by atoms with van der Waals surface area (Å²) in [5.41, 5.74) is -0.657. The Labute approximate surface area is 106 Å². The SMILES string of the molecule is CC(Cl)(Cl)c1nc(C(C)(Cl)Cl)[nH]c(=O)n1. The first-order chi connectivity index (χ1) is 6.60. The fourth-order valence-electron chi connectivity index (χ4n) is 0.789. The molecule has 0 saturated carbocycles. The fourth-order valence-corrected chi connectivity index (χ4v) is 1.14. The number of H-pyrrole nitrogens is 1. The van der Waals surface area contributed by atoms with Crippen LogP contribution >= 0.6 is 46.4 Å². The number of nitrogens with one attached hydrogen (secondary N) is 1. The molecule has 0 unspecified atom stereocenters. The van der Waals surface area contributed by atoms with Gasteiger partial charge in [0, 0.05) is 0 Å². The van der Waals surface area contributed by atoms with Gasteiger partial charge in [0.15, 0.2) is 14.5 Å². The van der Waals surface area contributed by atoms with E-state index < -0.39 is 14.4 Å². The average Bonchev–Trinajstić information content (AvgIpc) is 1.99. The van der Waals surface area contributed by atoms with Crippen LogP contribution in [0.3, 0.4) is 0 Å². The first kappa shape index (κ1) is 13.0. The lowest BCUT2D eigenvalue weighted by molar-refractivity contribution is 0.727. The van der Waals surface area contributed by atoms with Crippen LogP contribution in [-0.4, -0.2) is 15.0 Å². The Morgan fingerprint density at radius 1 is 1.07 bits per heavy atom. The van der Waals surface area contributed by atoms with E-state index in [0.717, 1.165) is 0 Å². The van der Waals surface area contributed by atoms with E-state index >= 15 is 0 Å². The molecular formula is C7H7Cl4N3O. The van der Waals surface area contributed by atoms with Crippen molar-refractivity contribution in [3.63, 3.8) is 0 Å². The monoisotopic (exact) mass is 289 g/mol. The summed E-state index contributed by atoms with van der Waals surface area (Å²) in [6, 6.07) is 0. The average molecular weight is 291 g/mol. The molecule has 8 heteroatoms. The molecule has 1 aromatic rings. The highest BCUT2D eigenvalue weighted by Crippen LogP contribution is 2.33. The minimum Gasteiger partial charge on any atom is -0.291 e. The van der Waals surface area contributed by atoms with Gasteiger partial charge in [0.05, 0.1) is 0 Å². The number of aromatic nitrogens is 3. The van der Waals surface area contributed by atoms with Crippen LogP contribution in [0.1, 0.15) is 25.5 Å². The normalized spacial score (nSPS) is 12.9. The van der Waals surface area contributed by atoms with Crippen molar-refractivity contribution in [3.8, 4) is 0 Å². The summed E-state index contributed by atoms with van der Waals surface area (Å²) < 4.78 is -2.71. The van der Waals surface area contributed by atoms with Crippen LogP contribution < -0.4 is 5.69 Å². The first-order valence-electron chi connectivity index (χ1n) is 3.85. The van der Waals surface area contributed by atoms with Gasteiger partial charge in [-0.25, -0.2) is 9.78 Å². The summed E-state index contributed by atoms with van der Waals surface area (Å²) in [5, 5.41) is 0. The molecule has 1 heterocycles. The van der Waals surface area contributed by atoms with Crippen LogP contribution in [0.2, 0.25) is 0 Å². The Hall–Kier alpha value is -0.0300. The quantitative estimate of drug-likeness (QED) is 0.851. The second-order valence-electron chi connectivity index (χ2n) is 3.10. The molecule has 0 spiro atoms. The number of alkyl halides is 4. The summed E-state index contributed by atoms with van der Waals surface area (Å²) >= 11 is 23.1. The molecule has 0 amide bonds. The second-order valence-corrected chi connectivity index (χ2v) is 6.51. The number of rotatable bonds is 2. The van der Waals surface area contributed by atoms with Gasteiger partial charge in [0.25, 0.3) is 0 Å². The largest absolute Gasteiger partial charge is 0.348 e. The highest BCUT2D eigenvalue weighted by Gasteiger charge is 2.29. The third kappa shape index (κ3) is 3.48. The molecule has 0 radical (unpaired) electrons. The van der Waals surface area contributed by atoms with Crippen molar-refractivity contribution in [2.24, 2.45) is 0 Å². The van der Waals surface area contributed by atoms with Crippen LogP contribution in [-0.2, 0) is 8.67 Å². The Morgan fingerprint density at radius 3 is 2.00 bits per heavy atom. The predicted octanol–water partition coefficient (Wildman–Crippen LogP) is 2.47. The van der Waals surface area contributed by atoms with Crippen molar-refractivity contribution in [2.75, 3.05) is 0 Å². The van der Waals surface area contributed by atoms with Crippen LogP contribution in [0.5, 0.6) is 0 Å².